The van der Waals surface area contributed by atoms with Crippen LogP contribution in [-0.4, -0.2) is 36.4 Å². The summed E-state index contributed by atoms with van der Waals surface area (Å²) < 4.78 is 0. The van der Waals surface area contributed by atoms with Gasteiger partial charge in [-0.25, -0.2) is 4.98 Å². The Kier molecular flexibility index (Phi) is 3.78. The highest BCUT2D eigenvalue weighted by Crippen LogP contribution is 2.26. The molecule has 0 amide bonds. The molecule has 0 aliphatic heterocycles. The molecule has 0 bridgehead atoms. The first kappa shape index (κ1) is 13.5. The van der Waals surface area contributed by atoms with Crippen LogP contribution in [-0.2, 0) is 6.42 Å². The van der Waals surface area contributed by atoms with E-state index in [1.807, 2.05) is 19.1 Å². The SMILES string of the molecule is Cc1nc(-c2nn[nH]n2)sc1C(=O)CCc1cccnc1. The summed E-state index contributed by atoms with van der Waals surface area (Å²) in [5.74, 6) is 0.484. The minimum atomic E-state index is 0.0728. The monoisotopic (exact) mass is 300 g/mol. The third-order valence-electron chi connectivity index (χ3n) is 2.95. The van der Waals surface area contributed by atoms with E-state index in [-0.39, 0.29) is 5.78 Å². The van der Waals surface area contributed by atoms with Crippen molar-refractivity contribution in [3.63, 3.8) is 0 Å². The number of thiazole rings is 1. The van der Waals surface area contributed by atoms with Crippen LogP contribution in [0.4, 0.5) is 0 Å². The normalized spacial score (nSPS) is 10.7. The number of H-pyrrole nitrogens is 1. The summed E-state index contributed by atoms with van der Waals surface area (Å²) in [5, 5.41) is 14.2. The lowest BCUT2D eigenvalue weighted by atomic mass is 10.1. The molecule has 8 heteroatoms. The molecule has 0 atom stereocenters. The highest BCUT2D eigenvalue weighted by Gasteiger charge is 2.18. The molecule has 3 heterocycles. The zero-order valence-electron chi connectivity index (χ0n) is 11.3. The number of hydrogen-bond acceptors (Lipinski definition) is 7. The fourth-order valence-electron chi connectivity index (χ4n) is 1.92. The van der Waals surface area contributed by atoms with Gasteiger partial charge in [-0.15, -0.1) is 21.5 Å². The van der Waals surface area contributed by atoms with Crippen molar-refractivity contribution in [2.45, 2.75) is 19.8 Å². The van der Waals surface area contributed by atoms with E-state index in [1.54, 1.807) is 12.4 Å². The number of aromatic nitrogens is 6. The van der Waals surface area contributed by atoms with E-state index in [9.17, 15) is 4.79 Å². The number of nitrogens with zero attached hydrogens (tertiary/aromatic N) is 5. The lowest BCUT2D eigenvalue weighted by Gasteiger charge is -1.99. The number of carbonyl (C=O) groups is 1. The molecule has 0 aromatic carbocycles. The highest BCUT2D eigenvalue weighted by atomic mass is 32.1. The number of aromatic amines is 1. The van der Waals surface area contributed by atoms with Crippen molar-refractivity contribution in [2.24, 2.45) is 0 Å². The third kappa shape index (κ3) is 3.00. The summed E-state index contributed by atoms with van der Waals surface area (Å²) in [6.45, 7) is 1.82. The van der Waals surface area contributed by atoms with Crippen LogP contribution in [0.2, 0.25) is 0 Å². The number of nitrogens with one attached hydrogen (secondary N) is 1. The fourth-order valence-corrected chi connectivity index (χ4v) is 2.88. The van der Waals surface area contributed by atoms with Crippen LogP contribution >= 0.6 is 11.3 Å². The Bertz CT molecular complexity index is 737. The lowest BCUT2D eigenvalue weighted by Crippen LogP contribution is -2.01. The van der Waals surface area contributed by atoms with Gasteiger partial charge < -0.3 is 0 Å². The highest BCUT2D eigenvalue weighted by molar-refractivity contribution is 7.17. The molecule has 3 aromatic heterocycles. The Morgan fingerprint density at radius 3 is 3.05 bits per heavy atom. The largest absolute Gasteiger partial charge is 0.293 e. The number of ketones is 1. The van der Waals surface area contributed by atoms with Gasteiger partial charge >= 0.3 is 0 Å². The number of pyridine rings is 1. The molecule has 106 valence electrons. The number of aryl methyl sites for hydroxylation is 2. The number of rotatable bonds is 5. The maximum atomic E-state index is 12.3. The summed E-state index contributed by atoms with van der Waals surface area (Å²) in [6.07, 6.45) is 4.59. The van der Waals surface area contributed by atoms with Crippen LogP contribution in [0.15, 0.2) is 24.5 Å². The zero-order valence-corrected chi connectivity index (χ0v) is 12.1. The molecule has 0 spiro atoms. The van der Waals surface area contributed by atoms with Crippen LogP contribution in [0.5, 0.6) is 0 Å². The van der Waals surface area contributed by atoms with E-state index in [1.165, 1.54) is 11.3 Å². The summed E-state index contributed by atoms with van der Waals surface area (Å²) in [7, 11) is 0. The van der Waals surface area contributed by atoms with Crippen molar-refractivity contribution in [2.75, 3.05) is 0 Å². The van der Waals surface area contributed by atoms with Gasteiger partial charge in [0.2, 0.25) is 5.82 Å². The average Bonchev–Trinajstić information content (AvgIpc) is 3.15. The number of tetrazole rings is 1. The maximum Gasteiger partial charge on any atom is 0.233 e. The quantitative estimate of drug-likeness (QED) is 0.722. The topological polar surface area (TPSA) is 97.3 Å². The summed E-state index contributed by atoms with van der Waals surface area (Å²) in [4.78, 5) is 21.3. The lowest BCUT2D eigenvalue weighted by molar-refractivity contribution is 0.0986. The second-order valence-electron chi connectivity index (χ2n) is 4.45. The summed E-state index contributed by atoms with van der Waals surface area (Å²) >= 11 is 1.30. The molecule has 7 nitrogen and oxygen atoms in total. The first-order chi connectivity index (χ1) is 10.2. The Morgan fingerprint density at radius 1 is 1.43 bits per heavy atom. The van der Waals surface area contributed by atoms with Crippen molar-refractivity contribution in [1.82, 2.24) is 30.6 Å². The van der Waals surface area contributed by atoms with Gasteiger partial charge in [-0.1, -0.05) is 6.07 Å². The van der Waals surface area contributed by atoms with Gasteiger partial charge in [0.05, 0.1) is 10.6 Å². The summed E-state index contributed by atoms with van der Waals surface area (Å²) in [5.41, 5.74) is 1.75. The molecule has 0 aliphatic rings. The van der Waals surface area contributed by atoms with E-state index in [4.69, 9.17) is 0 Å². The second-order valence-corrected chi connectivity index (χ2v) is 5.45. The molecule has 0 radical (unpaired) electrons. The van der Waals surface area contributed by atoms with Gasteiger partial charge in [0.25, 0.3) is 0 Å². The average molecular weight is 300 g/mol. The fraction of sp³-hybridized carbons (Fsp3) is 0.231. The Morgan fingerprint density at radius 2 is 2.33 bits per heavy atom. The van der Waals surface area contributed by atoms with Gasteiger partial charge in [0.15, 0.2) is 10.8 Å². The van der Waals surface area contributed by atoms with Gasteiger partial charge in [-0.2, -0.15) is 5.21 Å². The van der Waals surface area contributed by atoms with E-state index in [0.29, 0.717) is 34.2 Å². The second kappa shape index (κ2) is 5.88. The Labute approximate surface area is 124 Å². The van der Waals surface area contributed by atoms with Crippen molar-refractivity contribution in [3.05, 3.63) is 40.7 Å². The molecule has 0 saturated heterocycles. The standard InChI is InChI=1S/C13H12N6OS/c1-8-11(21-13(15-8)12-16-18-19-17-12)10(20)5-4-9-3-2-6-14-7-9/h2-3,6-7H,4-5H2,1H3,(H,16,17,18,19). The minimum Gasteiger partial charge on any atom is -0.293 e. The van der Waals surface area contributed by atoms with E-state index in [2.05, 4.69) is 30.6 Å². The molecule has 3 aromatic rings. The predicted octanol–water partition coefficient (Wildman–Crippen LogP) is 1.84. The van der Waals surface area contributed by atoms with E-state index < -0.39 is 0 Å². The Hall–Kier alpha value is -2.48. The summed E-state index contributed by atoms with van der Waals surface area (Å²) in [6, 6.07) is 3.83. The van der Waals surface area contributed by atoms with Crippen LogP contribution in [0.1, 0.15) is 27.3 Å². The smallest absolute Gasteiger partial charge is 0.233 e. The Balaban J connectivity index is 1.73. The van der Waals surface area contributed by atoms with Crippen LogP contribution in [0.3, 0.4) is 0 Å². The molecular formula is C13H12N6OS. The molecular weight excluding hydrogens is 288 g/mol. The molecule has 21 heavy (non-hydrogen) atoms. The van der Waals surface area contributed by atoms with Crippen molar-refractivity contribution < 1.29 is 4.79 Å². The first-order valence-electron chi connectivity index (χ1n) is 6.37. The van der Waals surface area contributed by atoms with Crippen LogP contribution in [0, 0.1) is 6.92 Å². The molecule has 0 saturated carbocycles. The first-order valence-corrected chi connectivity index (χ1v) is 7.19. The van der Waals surface area contributed by atoms with Gasteiger partial charge in [0, 0.05) is 18.8 Å². The number of hydrogen-bond donors (Lipinski definition) is 1. The third-order valence-corrected chi connectivity index (χ3v) is 4.14. The zero-order chi connectivity index (χ0) is 14.7. The van der Waals surface area contributed by atoms with Gasteiger partial charge in [0.1, 0.15) is 0 Å². The molecule has 0 aliphatic carbocycles. The van der Waals surface area contributed by atoms with Crippen LogP contribution < -0.4 is 0 Å². The molecule has 1 N–H and O–H groups in total. The van der Waals surface area contributed by atoms with Crippen molar-refractivity contribution >= 4 is 17.1 Å². The number of carbonyl (C=O) groups excluding carboxylic acids is 1. The predicted molar refractivity (Wildman–Crippen MR) is 76.9 cm³/mol. The minimum absolute atomic E-state index is 0.0728. The number of Topliss-reactive ketones (excluding diaryl/α,β-unsaturated/α-hetero) is 1. The van der Waals surface area contributed by atoms with E-state index >= 15 is 0 Å². The van der Waals surface area contributed by atoms with Gasteiger partial charge in [-0.3, -0.25) is 9.78 Å². The molecule has 0 fully saturated rings. The van der Waals surface area contributed by atoms with Crippen LogP contribution in [0.25, 0.3) is 10.8 Å². The van der Waals surface area contributed by atoms with Crippen molar-refractivity contribution in [3.8, 4) is 10.8 Å². The molecule has 3 rings (SSSR count). The van der Waals surface area contributed by atoms with Gasteiger partial charge in [-0.05, 0) is 30.2 Å². The maximum absolute atomic E-state index is 12.3. The van der Waals surface area contributed by atoms with Crippen molar-refractivity contribution in [1.29, 1.82) is 0 Å². The molecule has 0 unspecified atom stereocenters. The van der Waals surface area contributed by atoms with E-state index in [0.717, 1.165) is 5.56 Å².